The lowest BCUT2D eigenvalue weighted by atomic mass is 9.69. The zero-order valence-electron chi connectivity index (χ0n) is 9.03. The second-order valence-corrected chi connectivity index (χ2v) is 7.82. The zero-order valence-corrected chi connectivity index (χ0v) is 9.85. The van der Waals surface area contributed by atoms with Crippen molar-refractivity contribution in [2.75, 3.05) is 6.54 Å². The Morgan fingerprint density at radius 3 is 2.60 bits per heavy atom. The minimum Gasteiger partial charge on any atom is -0.210 e. The van der Waals surface area contributed by atoms with Crippen molar-refractivity contribution in [3.05, 3.63) is 0 Å². The molecule has 3 fully saturated rings. The van der Waals surface area contributed by atoms with Gasteiger partial charge in [-0.3, -0.25) is 0 Å². The first-order chi connectivity index (χ1) is 6.82. The Balaban J connectivity index is 2.18. The van der Waals surface area contributed by atoms with Crippen molar-refractivity contribution in [1.82, 2.24) is 4.53 Å². The normalized spacial score (nSPS) is 50.9. The summed E-state index contributed by atoms with van der Waals surface area (Å²) in [4.78, 5) is 0. The minimum atomic E-state index is -3.65. The van der Waals surface area contributed by atoms with Crippen molar-refractivity contribution in [3.63, 3.8) is 0 Å². The summed E-state index contributed by atoms with van der Waals surface area (Å²) in [6, 6.07) is 0. The molecule has 0 radical (unpaired) electrons. The van der Waals surface area contributed by atoms with Crippen LogP contribution in [0.5, 0.6) is 0 Å². The molecule has 3 unspecified atom stereocenters. The molecule has 0 amide bonds. The highest BCUT2D eigenvalue weighted by atomic mass is 32.2. The van der Waals surface area contributed by atoms with Crippen LogP contribution in [0, 0.1) is 16.7 Å². The Bertz CT molecular complexity index is 419. The molecule has 0 aromatic rings. The Labute approximate surface area is 89.6 Å². The summed E-state index contributed by atoms with van der Waals surface area (Å²) in [5, 5.41) is -0.455. The van der Waals surface area contributed by atoms with Gasteiger partial charge in [-0.05, 0) is 35.1 Å². The maximum Gasteiger partial charge on any atom is 0.243 e. The number of hydrogen-bond donors (Lipinski definition) is 0. The van der Waals surface area contributed by atoms with Crippen LogP contribution >= 0.6 is 0 Å². The van der Waals surface area contributed by atoms with Crippen molar-refractivity contribution in [3.8, 4) is 0 Å². The van der Waals surface area contributed by atoms with Gasteiger partial charge in [0.1, 0.15) is 0 Å². The van der Waals surface area contributed by atoms with Gasteiger partial charge in [0, 0.05) is 5.41 Å². The quantitative estimate of drug-likeness (QED) is 0.597. The van der Waals surface area contributed by atoms with E-state index in [2.05, 4.69) is 13.8 Å². The average molecular weight is 233 g/mol. The van der Waals surface area contributed by atoms with Crippen molar-refractivity contribution in [1.29, 1.82) is 0 Å². The maximum atomic E-state index is 13.5. The van der Waals surface area contributed by atoms with Crippen LogP contribution in [0.1, 0.15) is 33.1 Å². The van der Waals surface area contributed by atoms with Gasteiger partial charge in [-0.25, -0.2) is 8.42 Å². The standard InChI is InChI=1S/C10H16FNO2S/c1-9(2)7-3-4-10(9)6-12(11)15(13,14)8(10)5-7/h7-8H,3-6H2,1-2H3. The third kappa shape index (κ3) is 0.848. The number of nitrogens with zero attached hydrogens (tertiary/aromatic N) is 1. The topological polar surface area (TPSA) is 37.4 Å². The molecule has 1 saturated heterocycles. The Morgan fingerprint density at radius 2 is 2.07 bits per heavy atom. The second kappa shape index (κ2) is 2.40. The Kier molecular flexibility index (Phi) is 1.60. The molecule has 0 aromatic heterocycles. The molecule has 3 nitrogen and oxygen atoms in total. The van der Waals surface area contributed by atoms with Crippen LogP contribution in [0.3, 0.4) is 0 Å². The molecule has 3 aliphatic rings. The molecule has 3 rings (SSSR count). The summed E-state index contributed by atoms with van der Waals surface area (Å²) < 4.78 is 37.2. The number of rotatable bonds is 0. The van der Waals surface area contributed by atoms with Gasteiger partial charge in [0.2, 0.25) is 10.0 Å². The molecule has 15 heavy (non-hydrogen) atoms. The predicted molar refractivity (Wildman–Crippen MR) is 54.1 cm³/mol. The summed E-state index contributed by atoms with van der Waals surface area (Å²) >= 11 is 0. The van der Waals surface area contributed by atoms with E-state index in [9.17, 15) is 12.9 Å². The maximum absolute atomic E-state index is 13.5. The van der Waals surface area contributed by atoms with Crippen molar-refractivity contribution in [2.24, 2.45) is 16.7 Å². The van der Waals surface area contributed by atoms with E-state index in [0.717, 1.165) is 12.8 Å². The molecule has 86 valence electrons. The lowest BCUT2D eigenvalue weighted by Gasteiger charge is -2.35. The smallest absolute Gasteiger partial charge is 0.210 e. The average Bonchev–Trinajstić information content (AvgIpc) is 2.58. The van der Waals surface area contributed by atoms with E-state index < -0.39 is 15.3 Å². The van der Waals surface area contributed by atoms with E-state index >= 15 is 0 Å². The van der Waals surface area contributed by atoms with Gasteiger partial charge in [-0.15, -0.1) is 4.48 Å². The van der Waals surface area contributed by atoms with Gasteiger partial charge in [0.15, 0.2) is 0 Å². The van der Waals surface area contributed by atoms with Gasteiger partial charge in [0.05, 0.1) is 11.8 Å². The molecule has 0 aromatic carbocycles. The second-order valence-electron chi connectivity index (χ2n) is 5.83. The largest absolute Gasteiger partial charge is 0.243 e. The molecule has 3 atom stereocenters. The molecule has 1 spiro atoms. The third-order valence-corrected chi connectivity index (χ3v) is 7.44. The number of halogens is 1. The van der Waals surface area contributed by atoms with E-state index in [0.29, 0.717) is 12.3 Å². The van der Waals surface area contributed by atoms with Crippen LogP contribution in [-0.2, 0) is 10.0 Å². The number of fused-ring (bicyclic) bond motifs is 1. The van der Waals surface area contributed by atoms with Gasteiger partial charge in [-0.1, -0.05) is 13.8 Å². The zero-order chi connectivity index (χ0) is 11.1. The van der Waals surface area contributed by atoms with E-state index in [1.54, 1.807) is 0 Å². The van der Waals surface area contributed by atoms with Crippen LogP contribution in [0.2, 0.25) is 0 Å². The van der Waals surface area contributed by atoms with Crippen LogP contribution in [-0.4, -0.2) is 24.7 Å². The van der Waals surface area contributed by atoms with Crippen molar-refractivity contribution >= 4 is 10.0 Å². The molecule has 1 heterocycles. The van der Waals surface area contributed by atoms with Gasteiger partial charge >= 0.3 is 0 Å². The lowest BCUT2D eigenvalue weighted by Crippen LogP contribution is -2.38. The van der Waals surface area contributed by atoms with Crippen molar-refractivity contribution < 1.29 is 12.9 Å². The summed E-state index contributed by atoms with van der Waals surface area (Å²) in [6.45, 7) is 4.31. The fraction of sp³-hybridized carbons (Fsp3) is 1.00. The van der Waals surface area contributed by atoms with Crippen molar-refractivity contribution in [2.45, 2.75) is 38.4 Å². The number of sulfonamides is 1. The summed E-state index contributed by atoms with van der Waals surface area (Å²) in [7, 11) is -3.65. The fourth-order valence-corrected chi connectivity index (χ4v) is 6.46. The molecule has 0 N–H and O–H groups in total. The van der Waals surface area contributed by atoms with Crippen LogP contribution in [0.15, 0.2) is 0 Å². The highest BCUT2D eigenvalue weighted by Gasteiger charge is 2.72. The molecule has 2 aliphatic carbocycles. The van der Waals surface area contributed by atoms with Crippen LogP contribution in [0.4, 0.5) is 4.48 Å². The minimum absolute atomic E-state index is 0.0222. The van der Waals surface area contributed by atoms with Gasteiger partial charge in [-0.2, -0.15) is 0 Å². The lowest BCUT2D eigenvalue weighted by molar-refractivity contribution is 0.0555. The molecule has 2 saturated carbocycles. The fourth-order valence-electron chi connectivity index (χ4n) is 4.23. The highest BCUT2D eigenvalue weighted by molar-refractivity contribution is 7.89. The van der Waals surface area contributed by atoms with E-state index in [-0.39, 0.29) is 21.9 Å². The summed E-state index contributed by atoms with van der Waals surface area (Å²) in [5.74, 6) is 0.464. The van der Waals surface area contributed by atoms with E-state index in [1.807, 2.05) is 0 Å². The third-order valence-electron chi connectivity index (χ3n) is 5.40. The first-order valence-electron chi connectivity index (χ1n) is 5.50. The van der Waals surface area contributed by atoms with Gasteiger partial charge in [0.25, 0.3) is 0 Å². The first kappa shape index (κ1) is 10.0. The Hall–Kier alpha value is -0.160. The summed E-state index contributed by atoms with van der Waals surface area (Å²) in [6.07, 6.45) is 2.59. The van der Waals surface area contributed by atoms with Crippen LogP contribution in [0.25, 0.3) is 0 Å². The highest BCUT2D eigenvalue weighted by Crippen LogP contribution is 2.70. The number of hydrogen-bond acceptors (Lipinski definition) is 2. The molecule has 2 bridgehead atoms. The molecule has 1 aliphatic heterocycles. The Morgan fingerprint density at radius 1 is 1.40 bits per heavy atom. The van der Waals surface area contributed by atoms with Crippen LogP contribution < -0.4 is 0 Å². The summed E-state index contributed by atoms with van der Waals surface area (Å²) in [5.41, 5.74) is -0.336. The molecular weight excluding hydrogens is 217 g/mol. The first-order valence-corrected chi connectivity index (χ1v) is 7.00. The molecular formula is C10H16FNO2S. The monoisotopic (exact) mass is 233 g/mol. The van der Waals surface area contributed by atoms with Gasteiger partial charge < -0.3 is 0 Å². The molecule has 5 heteroatoms. The van der Waals surface area contributed by atoms with E-state index in [1.165, 1.54) is 0 Å². The van der Waals surface area contributed by atoms with E-state index in [4.69, 9.17) is 0 Å². The SMILES string of the molecule is CC1(C)C2CCC13CN(F)S(=O)(=O)C3C2. The predicted octanol–water partition coefficient (Wildman–Crippen LogP) is 1.71.